The molecule has 0 unspecified atom stereocenters. The second-order valence-corrected chi connectivity index (χ2v) is 9.22. The third-order valence-electron chi connectivity index (χ3n) is 4.65. The lowest BCUT2D eigenvalue weighted by atomic mass is 10.2. The maximum atomic E-state index is 13.9. The second kappa shape index (κ2) is 9.75. The fraction of sp³-hybridized carbons (Fsp3) is 0.0833. The van der Waals surface area contributed by atoms with Gasteiger partial charge in [-0.25, -0.2) is 17.5 Å². The summed E-state index contributed by atoms with van der Waals surface area (Å²) < 4.78 is 46.4. The Balaban J connectivity index is 1.50. The highest BCUT2D eigenvalue weighted by Crippen LogP contribution is 2.24. The average molecular weight is 481 g/mol. The van der Waals surface area contributed by atoms with Crippen molar-refractivity contribution < 1.29 is 22.3 Å². The molecule has 0 aliphatic heterocycles. The molecule has 0 aliphatic rings. The smallest absolute Gasteiger partial charge is 0.258 e. The van der Waals surface area contributed by atoms with Crippen LogP contribution in [0.25, 0.3) is 5.69 Å². The van der Waals surface area contributed by atoms with Gasteiger partial charge >= 0.3 is 0 Å². The van der Waals surface area contributed by atoms with Crippen LogP contribution >= 0.6 is 0 Å². The van der Waals surface area contributed by atoms with Crippen LogP contribution < -0.4 is 14.8 Å². The Morgan fingerprint density at radius 3 is 2.50 bits per heavy atom. The van der Waals surface area contributed by atoms with Gasteiger partial charge in [-0.05, 0) is 35.9 Å². The highest BCUT2D eigenvalue weighted by molar-refractivity contribution is 7.92. The Hall–Kier alpha value is -4.18. The summed E-state index contributed by atoms with van der Waals surface area (Å²) in [4.78, 5) is 12.7. The van der Waals surface area contributed by atoms with Crippen molar-refractivity contribution >= 4 is 27.3 Å². The zero-order valence-corrected chi connectivity index (χ0v) is 18.9. The fourth-order valence-corrected chi connectivity index (χ4v) is 3.76. The topological polar surface area (TPSA) is 102 Å². The summed E-state index contributed by atoms with van der Waals surface area (Å²) in [6, 6.07) is 20.4. The molecule has 4 aromatic rings. The second-order valence-electron chi connectivity index (χ2n) is 7.47. The highest BCUT2D eigenvalue weighted by Gasteiger charge is 2.14. The summed E-state index contributed by atoms with van der Waals surface area (Å²) >= 11 is 0. The van der Waals surface area contributed by atoms with Gasteiger partial charge < -0.3 is 10.1 Å². The monoisotopic (exact) mass is 480 g/mol. The van der Waals surface area contributed by atoms with Crippen LogP contribution in [0.1, 0.15) is 15.9 Å². The van der Waals surface area contributed by atoms with Gasteiger partial charge in [-0.1, -0.05) is 42.5 Å². The van der Waals surface area contributed by atoms with E-state index < -0.39 is 21.7 Å². The van der Waals surface area contributed by atoms with Crippen molar-refractivity contribution in [1.29, 1.82) is 0 Å². The maximum Gasteiger partial charge on any atom is 0.258 e. The Morgan fingerprint density at radius 1 is 1.03 bits per heavy atom. The molecule has 8 nitrogen and oxygen atoms in total. The molecule has 0 bridgehead atoms. The van der Waals surface area contributed by atoms with Crippen LogP contribution in [0.3, 0.4) is 0 Å². The third kappa shape index (κ3) is 5.99. The number of aromatic nitrogens is 2. The number of hydrogen-bond acceptors (Lipinski definition) is 5. The van der Waals surface area contributed by atoms with E-state index in [0.29, 0.717) is 18.0 Å². The van der Waals surface area contributed by atoms with E-state index in [1.807, 2.05) is 54.6 Å². The number of anilines is 2. The molecule has 0 saturated heterocycles. The number of sulfonamides is 1. The first-order valence-electron chi connectivity index (χ1n) is 10.2. The SMILES string of the molecule is CS(=O)(=O)Nc1cc(F)cc(NC(=O)c2cnn(-c3ccccc3OCc3ccccc3)c2)c1. The Labute approximate surface area is 196 Å². The summed E-state index contributed by atoms with van der Waals surface area (Å²) in [7, 11) is -3.60. The van der Waals surface area contributed by atoms with E-state index in [1.165, 1.54) is 23.1 Å². The highest BCUT2D eigenvalue weighted by atomic mass is 32.2. The van der Waals surface area contributed by atoms with E-state index >= 15 is 0 Å². The average Bonchev–Trinajstić information content (AvgIpc) is 3.27. The molecule has 174 valence electrons. The van der Waals surface area contributed by atoms with Gasteiger partial charge in [0.1, 0.15) is 23.9 Å². The molecule has 0 radical (unpaired) electrons. The first-order chi connectivity index (χ1) is 16.3. The number of nitrogens with one attached hydrogen (secondary N) is 2. The van der Waals surface area contributed by atoms with Crippen LogP contribution in [-0.2, 0) is 16.6 Å². The minimum Gasteiger partial charge on any atom is -0.487 e. The number of carbonyl (C=O) groups excluding carboxylic acids is 1. The normalized spacial score (nSPS) is 11.1. The van der Waals surface area contributed by atoms with Gasteiger partial charge in [0.25, 0.3) is 5.91 Å². The summed E-state index contributed by atoms with van der Waals surface area (Å²) in [5.74, 6) is -0.656. The van der Waals surface area contributed by atoms with Crippen molar-refractivity contribution in [2.75, 3.05) is 16.3 Å². The number of amides is 1. The van der Waals surface area contributed by atoms with Crippen LogP contribution in [0.2, 0.25) is 0 Å². The Bertz CT molecular complexity index is 1420. The van der Waals surface area contributed by atoms with Gasteiger partial charge in [0.15, 0.2) is 0 Å². The molecule has 0 spiro atoms. The number of rotatable bonds is 8. The van der Waals surface area contributed by atoms with E-state index in [0.717, 1.165) is 24.0 Å². The predicted molar refractivity (Wildman–Crippen MR) is 127 cm³/mol. The first kappa shape index (κ1) is 23.0. The van der Waals surface area contributed by atoms with Crippen molar-refractivity contribution in [2.24, 2.45) is 0 Å². The van der Waals surface area contributed by atoms with Gasteiger partial charge in [-0.3, -0.25) is 9.52 Å². The lowest BCUT2D eigenvalue weighted by Crippen LogP contribution is -2.13. The number of carbonyl (C=O) groups is 1. The first-order valence-corrected chi connectivity index (χ1v) is 12.1. The predicted octanol–water partition coefficient (Wildman–Crippen LogP) is 4.21. The Kier molecular flexibility index (Phi) is 6.60. The number of hydrogen-bond donors (Lipinski definition) is 2. The van der Waals surface area contributed by atoms with Crippen LogP contribution in [0.4, 0.5) is 15.8 Å². The quantitative estimate of drug-likeness (QED) is 0.393. The molecule has 0 aliphatic carbocycles. The minimum atomic E-state index is -3.60. The molecule has 2 N–H and O–H groups in total. The van der Waals surface area contributed by atoms with Gasteiger partial charge in [0, 0.05) is 11.9 Å². The molecular formula is C24H21FN4O4S. The maximum absolute atomic E-state index is 13.9. The van der Waals surface area contributed by atoms with Crippen molar-refractivity contribution in [2.45, 2.75) is 6.61 Å². The van der Waals surface area contributed by atoms with Gasteiger partial charge in [-0.15, -0.1) is 0 Å². The van der Waals surface area contributed by atoms with Crippen LogP contribution in [0.5, 0.6) is 5.75 Å². The summed E-state index contributed by atoms with van der Waals surface area (Å²) in [6.07, 6.45) is 3.85. The zero-order valence-electron chi connectivity index (χ0n) is 18.1. The van der Waals surface area contributed by atoms with Gasteiger partial charge in [0.2, 0.25) is 10.0 Å². The van der Waals surface area contributed by atoms with E-state index in [4.69, 9.17) is 4.74 Å². The summed E-state index contributed by atoms with van der Waals surface area (Å²) in [5, 5.41) is 6.81. The van der Waals surface area contributed by atoms with Crippen molar-refractivity contribution in [1.82, 2.24) is 9.78 Å². The number of benzene rings is 3. The zero-order chi connectivity index (χ0) is 24.1. The van der Waals surface area contributed by atoms with Crippen LogP contribution in [-0.4, -0.2) is 30.4 Å². The van der Waals surface area contributed by atoms with E-state index in [-0.39, 0.29) is 16.9 Å². The largest absolute Gasteiger partial charge is 0.487 e. The summed E-state index contributed by atoms with van der Waals surface area (Å²) in [5.41, 5.74) is 1.97. The van der Waals surface area contributed by atoms with Crippen LogP contribution in [0.15, 0.2) is 85.2 Å². The molecule has 1 aromatic heterocycles. The summed E-state index contributed by atoms with van der Waals surface area (Å²) in [6.45, 7) is 0.371. The molecular weight excluding hydrogens is 459 g/mol. The fourth-order valence-electron chi connectivity index (χ4n) is 3.21. The minimum absolute atomic E-state index is 0.00186. The standard InChI is InChI=1S/C24H21FN4O4S/c1-34(31,32)28-21-12-19(25)11-20(13-21)27-24(30)18-14-26-29(15-18)22-9-5-6-10-23(22)33-16-17-7-3-2-4-8-17/h2-15,28H,16H2,1H3,(H,27,30). The van der Waals surface area contributed by atoms with Crippen molar-refractivity contribution in [3.63, 3.8) is 0 Å². The number of ether oxygens (including phenoxy) is 1. The Morgan fingerprint density at radius 2 is 1.74 bits per heavy atom. The van der Waals surface area contributed by atoms with E-state index in [9.17, 15) is 17.6 Å². The van der Waals surface area contributed by atoms with E-state index in [1.54, 1.807) is 0 Å². The molecule has 0 saturated carbocycles. The molecule has 4 rings (SSSR count). The number of halogens is 1. The van der Waals surface area contributed by atoms with E-state index in [2.05, 4.69) is 15.1 Å². The van der Waals surface area contributed by atoms with Gasteiger partial charge in [0.05, 0.1) is 23.7 Å². The molecule has 0 fully saturated rings. The van der Waals surface area contributed by atoms with Crippen molar-refractivity contribution in [3.05, 3.63) is 102 Å². The molecule has 34 heavy (non-hydrogen) atoms. The molecule has 3 aromatic carbocycles. The lowest BCUT2D eigenvalue weighted by molar-refractivity contribution is 0.102. The number of nitrogens with zero attached hydrogens (tertiary/aromatic N) is 2. The van der Waals surface area contributed by atoms with Crippen molar-refractivity contribution in [3.8, 4) is 11.4 Å². The molecule has 1 heterocycles. The molecule has 10 heteroatoms. The lowest BCUT2D eigenvalue weighted by Gasteiger charge is -2.11. The van der Waals surface area contributed by atoms with Gasteiger partial charge in [-0.2, -0.15) is 5.10 Å². The van der Waals surface area contributed by atoms with Crippen LogP contribution in [0, 0.1) is 5.82 Å². The molecule has 0 atom stereocenters. The number of para-hydroxylation sites is 2. The molecule has 1 amide bonds. The third-order valence-corrected chi connectivity index (χ3v) is 5.26.